The molecule has 47 heavy (non-hydrogen) atoms. The fourth-order valence-corrected chi connectivity index (χ4v) is 5.31. The molecular formula is C34H33N9O4. The van der Waals surface area contributed by atoms with E-state index >= 15 is 0 Å². The van der Waals surface area contributed by atoms with Crippen LogP contribution in [0.2, 0.25) is 0 Å². The predicted molar refractivity (Wildman–Crippen MR) is 177 cm³/mol. The number of hydrazine groups is 1. The number of benzene rings is 4. The van der Waals surface area contributed by atoms with Gasteiger partial charge in [0.1, 0.15) is 5.75 Å². The van der Waals surface area contributed by atoms with E-state index in [4.69, 9.17) is 19.6 Å². The number of amides is 1. The second-order valence-corrected chi connectivity index (χ2v) is 10.6. The van der Waals surface area contributed by atoms with E-state index in [0.29, 0.717) is 54.1 Å². The molecule has 4 aromatic carbocycles. The second-order valence-electron chi connectivity index (χ2n) is 10.6. The fourth-order valence-electron chi connectivity index (χ4n) is 5.31. The van der Waals surface area contributed by atoms with Crippen LogP contribution in [0, 0.1) is 0 Å². The molecule has 13 heteroatoms. The molecular weight excluding hydrogens is 598 g/mol. The van der Waals surface area contributed by atoms with Gasteiger partial charge in [-0.05, 0) is 52.9 Å². The molecule has 0 aromatic heterocycles. The SMILES string of the molecule is [N-]=[N+]=Nc1ccccc1C[C@]1(C(=O)NNCCc2ccccc2)N=C(c2ccc(OCCCO)cc2)O[C@H]1c1ccccc1N=[N+]=[N-]. The number of aliphatic hydroxyl groups is 1. The third-order valence-corrected chi connectivity index (χ3v) is 7.59. The molecule has 1 heterocycles. The molecule has 1 amide bonds. The van der Waals surface area contributed by atoms with Crippen LogP contribution in [0.4, 0.5) is 11.4 Å². The number of azide groups is 2. The number of rotatable bonds is 15. The Balaban J connectivity index is 1.57. The number of nitrogens with zero attached hydrogens (tertiary/aromatic N) is 7. The van der Waals surface area contributed by atoms with E-state index in [1.54, 1.807) is 72.8 Å². The van der Waals surface area contributed by atoms with Crippen LogP contribution in [0.5, 0.6) is 5.75 Å². The average molecular weight is 632 g/mol. The molecule has 0 radical (unpaired) electrons. The van der Waals surface area contributed by atoms with Gasteiger partial charge in [0.25, 0.3) is 5.91 Å². The average Bonchev–Trinajstić information content (AvgIpc) is 3.49. The van der Waals surface area contributed by atoms with Crippen LogP contribution in [0.25, 0.3) is 20.9 Å². The zero-order chi connectivity index (χ0) is 32.9. The van der Waals surface area contributed by atoms with Gasteiger partial charge < -0.3 is 14.6 Å². The number of aliphatic hydroxyl groups excluding tert-OH is 1. The van der Waals surface area contributed by atoms with Crippen molar-refractivity contribution >= 4 is 23.2 Å². The lowest BCUT2D eigenvalue weighted by Crippen LogP contribution is -2.54. The quantitative estimate of drug-likeness (QED) is 0.0432. The maximum atomic E-state index is 14.5. The summed E-state index contributed by atoms with van der Waals surface area (Å²) in [5.41, 5.74) is 26.2. The van der Waals surface area contributed by atoms with E-state index in [-0.39, 0.29) is 24.6 Å². The Kier molecular flexibility index (Phi) is 11.0. The van der Waals surface area contributed by atoms with Gasteiger partial charge in [0, 0.05) is 58.3 Å². The topological polar surface area (TPSA) is 190 Å². The van der Waals surface area contributed by atoms with Crippen LogP contribution < -0.4 is 15.6 Å². The standard InChI is InChI=1S/C34H33N9O4/c35-42-39-29-13-6-4-11-26(29)23-34(33(45)41-37-20-19-24-9-2-1-3-10-24)31(28-12-5-7-14-30(28)40-43-36)47-32(38-34)25-15-17-27(18-16-25)46-22-8-21-44/h1-7,9-18,31,37,44H,8,19-23H2,(H,41,45)/t31-,34-/m0/s1. The van der Waals surface area contributed by atoms with Crippen LogP contribution in [-0.2, 0) is 22.4 Å². The van der Waals surface area contributed by atoms with Crippen LogP contribution in [0.1, 0.15) is 34.8 Å². The highest BCUT2D eigenvalue weighted by Gasteiger charge is 2.54. The summed E-state index contributed by atoms with van der Waals surface area (Å²) < 4.78 is 12.2. The summed E-state index contributed by atoms with van der Waals surface area (Å²) in [4.78, 5) is 25.4. The fraction of sp³-hybridized carbons (Fsp3) is 0.235. The number of ether oxygens (including phenoxy) is 2. The minimum absolute atomic E-state index is 0.0183. The Bertz CT molecular complexity index is 1800. The molecule has 0 saturated carbocycles. The van der Waals surface area contributed by atoms with Crippen LogP contribution in [0.3, 0.4) is 0 Å². The van der Waals surface area contributed by atoms with Crippen LogP contribution >= 0.6 is 0 Å². The molecule has 238 valence electrons. The van der Waals surface area contributed by atoms with Crippen LogP contribution in [-0.4, -0.2) is 42.2 Å². The lowest BCUT2D eigenvalue weighted by molar-refractivity contribution is -0.130. The summed E-state index contributed by atoms with van der Waals surface area (Å²) in [6.07, 6.45) is 0.0947. The number of carbonyl (C=O) groups excluding carboxylic acids is 1. The first-order valence-corrected chi connectivity index (χ1v) is 15.0. The van der Waals surface area contributed by atoms with Crippen molar-refractivity contribution in [1.29, 1.82) is 0 Å². The summed E-state index contributed by atoms with van der Waals surface area (Å²) in [5.74, 6) is 0.287. The van der Waals surface area contributed by atoms with Gasteiger partial charge >= 0.3 is 0 Å². The molecule has 0 bridgehead atoms. The lowest BCUT2D eigenvalue weighted by Gasteiger charge is -2.31. The maximum Gasteiger partial charge on any atom is 0.266 e. The molecule has 0 fully saturated rings. The highest BCUT2D eigenvalue weighted by molar-refractivity contribution is 6.01. The minimum Gasteiger partial charge on any atom is -0.494 e. The first-order chi connectivity index (χ1) is 23.1. The molecule has 1 aliphatic rings. The van der Waals surface area contributed by atoms with Crippen LogP contribution in [0.15, 0.2) is 118 Å². The van der Waals surface area contributed by atoms with E-state index in [0.717, 1.165) is 5.56 Å². The number of nitrogens with one attached hydrogen (secondary N) is 2. The van der Waals surface area contributed by atoms with E-state index < -0.39 is 17.6 Å². The lowest BCUT2D eigenvalue weighted by atomic mass is 9.81. The van der Waals surface area contributed by atoms with Crippen molar-refractivity contribution in [3.8, 4) is 5.75 Å². The zero-order valence-electron chi connectivity index (χ0n) is 25.4. The van der Waals surface area contributed by atoms with Crippen molar-refractivity contribution in [2.24, 2.45) is 15.2 Å². The van der Waals surface area contributed by atoms with Gasteiger partial charge in [0.2, 0.25) is 5.90 Å². The maximum absolute atomic E-state index is 14.5. The Morgan fingerprint density at radius 3 is 2.34 bits per heavy atom. The highest BCUT2D eigenvalue weighted by atomic mass is 16.5. The van der Waals surface area contributed by atoms with Crippen molar-refractivity contribution in [1.82, 2.24) is 10.9 Å². The highest BCUT2D eigenvalue weighted by Crippen LogP contribution is 2.46. The molecule has 2 atom stereocenters. The van der Waals surface area contributed by atoms with Gasteiger partial charge in [0.15, 0.2) is 11.6 Å². The molecule has 5 rings (SSSR count). The first-order valence-electron chi connectivity index (χ1n) is 15.0. The van der Waals surface area contributed by atoms with Crippen molar-refractivity contribution < 1.29 is 19.4 Å². The second kappa shape index (κ2) is 15.9. The van der Waals surface area contributed by atoms with Gasteiger partial charge in [-0.25, -0.2) is 10.4 Å². The molecule has 0 spiro atoms. The molecule has 13 nitrogen and oxygen atoms in total. The summed E-state index contributed by atoms with van der Waals surface area (Å²) in [6, 6.07) is 30.7. The Morgan fingerprint density at radius 2 is 1.60 bits per heavy atom. The predicted octanol–water partition coefficient (Wildman–Crippen LogP) is 6.69. The first kappa shape index (κ1) is 32.6. The molecule has 1 aliphatic heterocycles. The molecule has 0 aliphatic carbocycles. The van der Waals surface area contributed by atoms with Gasteiger partial charge in [-0.1, -0.05) is 89.1 Å². The third kappa shape index (κ3) is 7.88. The molecule has 0 saturated heterocycles. The van der Waals surface area contributed by atoms with Gasteiger partial charge in [-0.2, -0.15) is 0 Å². The summed E-state index contributed by atoms with van der Waals surface area (Å²) in [6.45, 7) is 0.822. The summed E-state index contributed by atoms with van der Waals surface area (Å²) >= 11 is 0. The van der Waals surface area contributed by atoms with Gasteiger partial charge in [-0.15, -0.1) is 0 Å². The number of hydrogen-bond donors (Lipinski definition) is 3. The monoisotopic (exact) mass is 631 g/mol. The van der Waals surface area contributed by atoms with Crippen molar-refractivity contribution in [3.05, 3.63) is 146 Å². The van der Waals surface area contributed by atoms with E-state index in [1.807, 2.05) is 30.3 Å². The molecule has 4 aromatic rings. The summed E-state index contributed by atoms with van der Waals surface area (Å²) in [7, 11) is 0. The molecule has 0 unspecified atom stereocenters. The smallest absolute Gasteiger partial charge is 0.266 e. The Morgan fingerprint density at radius 1 is 0.915 bits per heavy atom. The van der Waals surface area contributed by atoms with Crippen molar-refractivity contribution in [3.63, 3.8) is 0 Å². The minimum atomic E-state index is -1.65. The number of carbonyl (C=O) groups is 1. The van der Waals surface area contributed by atoms with E-state index in [2.05, 4.69) is 30.9 Å². The van der Waals surface area contributed by atoms with Gasteiger partial charge in [-0.3, -0.25) is 10.2 Å². The summed E-state index contributed by atoms with van der Waals surface area (Å²) in [5, 5.41) is 16.8. The van der Waals surface area contributed by atoms with E-state index in [9.17, 15) is 15.9 Å². The van der Waals surface area contributed by atoms with Gasteiger partial charge in [0.05, 0.1) is 6.61 Å². The largest absolute Gasteiger partial charge is 0.494 e. The molecule has 3 N–H and O–H groups in total. The zero-order valence-corrected chi connectivity index (χ0v) is 25.4. The van der Waals surface area contributed by atoms with E-state index in [1.165, 1.54) is 0 Å². The van der Waals surface area contributed by atoms with Crippen molar-refractivity contribution in [2.75, 3.05) is 19.8 Å². The van der Waals surface area contributed by atoms with Crippen molar-refractivity contribution in [2.45, 2.75) is 30.9 Å². The Labute approximate surface area is 271 Å². The number of aliphatic imine (C=N–C) groups is 1. The normalized spacial score (nSPS) is 16.6. The number of hydrogen-bond acceptors (Lipinski definition) is 8. The Hall–Kier alpha value is -5.84. The third-order valence-electron chi connectivity index (χ3n) is 7.59.